The van der Waals surface area contributed by atoms with Gasteiger partial charge in [-0.15, -0.1) is 11.3 Å². The molecule has 2 amide bonds. The molecule has 6 heteroatoms. The number of carbonyl (C=O) groups is 2. The maximum absolute atomic E-state index is 12.9. The van der Waals surface area contributed by atoms with E-state index in [0.717, 1.165) is 26.7 Å². The molecule has 2 aromatic rings. The third-order valence-electron chi connectivity index (χ3n) is 4.21. The molecule has 1 saturated heterocycles. The summed E-state index contributed by atoms with van der Waals surface area (Å²) in [6.07, 6.45) is 0.242. The molecule has 0 spiro atoms. The zero-order chi connectivity index (χ0) is 17.3. The highest BCUT2D eigenvalue weighted by atomic mass is 32.1. The van der Waals surface area contributed by atoms with Gasteiger partial charge in [-0.25, -0.2) is 4.98 Å². The fraction of sp³-hybridized carbons (Fsp3) is 0.389. The number of nitrogens with zero attached hydrogens (tertiary/aromatic N) is 2. The Kier molecular flexibility index (Phi) is 4.66. The Hall–Kier alpha value is -2.21. The summed E-state index contributed by atoms with van der Waals surface area (Å²) in [4.78, 5) is 32.5. The van der Waals surface area contributed by atoms with E-state index < -0.39 is 6.04 Å². The number of thiazole rings is 1. The second-order valence-corrected chi connectivity index (χ2v) is 7.51. The zero-order valence-corrected chi connectivity index (χ0v) is 14.9. The summed E-state index contributed by atoms with van der Waals surface area (Å²) in [5, 5.41) is 3.83. The highest BCUT2D eigenvalue weighted by Gasteiger charge is 2.34. The van der Waals surface area contributed by atoms with Crippen molar-refractivity contribution in [2.45, 2.75) is 33.2 Å². The molecule has 0 bridgehead atoms. The molecule has 1 fully saturated rings. The van der Waals surface area contributed by atoms with Crippen molar-refractivity contribution >= 4 is 23.2 Å². The third kappa shape index (κ3) is 3.33. The Balaban J connectivity index is 1.87. The molecule has 1 aromatic carbocycles. The van der Waals surface area contributed by atoms with Crippen molar-refractivity contribution in [3.63, 3.8) is 0 Å². The molecule has 5 nitrogen and oxygen atoms in total. The van der Waals surface area contributed by atoms with Crippen LogP contribution in [0.1, 0.15) is 32.7 Å². The Morgan fingerprint density at radius 3 is 2.83 bits per heavy atom. The molecule has 1 N–H and O–H groups in total. The van der Waals surface area contributed by atoms with Crippen molar-refractivity contribution < 1.29 is 9.59 Å². The van der Waals surface area contributed by atoms with Gasteiger partial charge in [-0.1, -0.05) is 29.8 Å². The molecular formula is C18H21N3O2S. The van der Waals surface area contributed by atoms with Gasteiger partial charge in [0.05, 0.1) is 17.1 Å². The van der Waals surface area contributed by atoms with E-state index in [-0.39, 0.29) is 18.2 Å². The summed E-state index contributed by atoms with van der Waals surface area (Å²) in [5.74, 6) is -0.170. The minimum Gasteiger partial charge on any atom is -0.352 e. The first-order valence-electron chi connectivity index (χ1n) is 8.02. The first kappa shape index (κ1) is 16.6. The molecule has 3 rings (SSSR count). The fourth-order valence-electron chi connectivity index (χ4n) is 3.09. The van der Waals surface area contributed by atoms with Crippen LogP contribution in [0.3, 0.4) is 0 Å². The molecule has 0 saturated carbocycles. The van der Waals surface area contributed by atoms with Crippen LogP contribution in [0.4, 0.5) is 0 Å². The van der Waals surface area contributed by atoms with Crippen LogP contribution in [0.5, 0.6) is 0 Å². The Morgan fingerprint density at radius 1 is 1.38 bits per heavy atom. The van der Waals surface area contributed by atoms with Gasteiger partial charge in [-0.3, -0.25) is 9.59 Å². The minimum absolute atomic E-state index is 0.0512. The lowest BCUT2D eigenvalue weighted by Crippen LogP contribution is -2.52. The summed E-state index contributed by atoms with van der Waals surface area (Å²) in [6.45, 7) is 6.91. The summed E-state index contributed by atoms with van der Waals surface area (Å²) in [7, 11) is 0. The topological polar surface area (TPSA) is 62.3 Å². The normalized spacial score (nSPS) is 17.7. The van der Waals surface area contributed by atoms with Crippen LogP contribution in [-0.2, 0) is 16.0 Å². The van der Waals surface area contributed by atoms with Gasteiger partial charge in [0, 0.05) is 18.0 Å². The second-order valence-electron chi connectivity index (χ2n) is 6.11. The summed E-state index contributed by atoms with van der Waals surface area (Å²) in [6, 6.07) is 7.21. The van der Waals surface area contributed by atoms with E-state index in [1.807, 2.05) is 45.0 Å². The molecule has 0 aliphatic carbocycles. The molecule has 1 atom stereocenters. The average molecular weight is 343 g/mol. The Bertz CT molecular complexity index is 784. The van der Waals surface area contributed by atoms with Crippen molar-refractivity contribution in [3.8, 4) is 0 Å². The quantitative estimate of drug-likeness (QED) is 0.930. The molecule has 1 aliphatic rings. The van der Waals surface area contributed by atoms with Crippen molar-refractivity contribution in [2.24, 2.45) is 0 Å². The van der Waals surface area contributed by atoms with Crippen LogP contribution >= 0.6 is 11.3 Å². The van der Waals surface area contributed by atoms with E-state index in [1.54, 1.807) is 16.2 Å². The van der Waals surface area contributed by atoms with Gasteiger partial charge in [0.15, 0.2) is 0 Å². The number of piperazine rings is 1. The maximum atomic E-state index is 12.9. The summed E-state index contributed by atoms with van der Waals surface area (Å²) >= 11 is 1.60. The molecule has 2 heterocycles. The monoisotopic (exact) mass is 343 g/mol. The molecule has 0 radical (unpaired) electrons. The number of aryl methyl sites for hydroxylation is 3. The van der Waals surface area contributed by atoms with Gasteiger partial charge in [-0.2, -0.15) is 0 Å². The first-order chi connectivity index (χ1) is 11.5. The Morgan fingerprint density at radius 2 is 2.17 bits per heavy atom. The van der Waals surface area contributed by atoms with Crippen LogP contribution < -0.4 is 5.32 Å². The van der Waals surface area contributed by atoms with Gasteiger partial charge >= 0.3 is 0 Å². The minimum atomic E-state index is -0.564. The van der Waals surface area contributed by atoms with Crippen molar-refractivity contribution in [1.82, 2.24) is 15.2 Å². The van der Waals surface area contributed by atoms with Crippen LogP contribution in [0.25, 0.3) is 0 Å². The molecule has 0 unspecified atom stereocenters. The van der Waals surface area contributed by atoms with Crippen LogP contribution in [0, 0.1) is 20.8 Å². The SMILES string of the molecule is Cc1cccc([C@H]2C(=O)NCCN2C(=O)Cc2nc(C)sc2C)c1. The molecule has 1 aromatic heterocycles. The Labute approximate surface area is 145 Å². The number of hydrogen-bond acceptors (Lipinski definition) is 4. The third-order valence-corrected chi connectivity index (χ3v) is 5.14. The van der Waals surface area contributed by atoms with E-state index >= 15 is 0 Å². The predicted molar refractivity (Wildman–Crippen MR) is 93.9 cm³/mol. The first-order valence-corrected chi connectivity index (χ1v) is 8.84. The number of aromatic nitrogens is 1. The lowest BCUT2D eigenvalue weighted by Gasteiger charge is -2.35. The zero-order valence-electron chi connectivity index (χ0n) is 14.1. The highest BCUT2D eigenvalue weighted by molar-refractivity contribution is 7.11. The van der Waals surface area contributed by atoms with Gasteiger partial charge < -0.3 is 10.2 Å². The van der Waals surface area contributed by atoms with Gasteiger partial charge in [0.25, 0.3) is 0 Å². The standard InChI is InChI=1S/C18H21N3O2S/c1-11-5-4-6-14(9-11)17-18(23)19-7-8-21(17)16(22)10-15-12(2)24-13(3)20-15/h4-6,9,17H,7-8,10H2,1-3H3,(H,19,23)/t17-/m0/s1. The van der Waals surface area contributed by atoms with Crippen molar-refractivity contribution in [1.29, 1.82) is 0 Å². The van der Waals surface area contributed by atoms with Crippen LogP contribution in [0.15, 0.2) is 24.3 Å². The summed E-state index contributed by atoms with van der Waals surface area (Å²) < 4.78 is 0. The van der Waals surface area contributed by atoms with Crippen LogP contribution in [0.2, 0.25) is 0 Å². The van der Waals surface area contributed by atoms with Gasteiger partial charge in [0.1, 0.15) is 6.04 Å². The lowest BCUT2D eigenvalue weighted by molar-refractivity contribution is -0.143. The predicted octanol–water partition coefficient (Wildman–Crippen LogP) is 2.31. The molecular weight excluding hydrogens is 322 g/mol. The number of hydrogen-bond donors (Lipinski definition) is 1. The van der Waals surface area contributed by atoms with E-state index in [2.05, 4.69) is 10.3 Å². The van der Waals surface area contributed by atoms with E-state index in [1.165, 1.54) is 0 Å². The number of amides is 2. The highest BCUT2D eigenvalue weighted by Crippen LogP contribution is 2.26. The van der Waals surface area contributed by atoms with Gasteiger partial charge in [0.2, 0.25) is 11.8 Å². The van der Waals surface area contributed by atoms with Crippen LogP contribution in [-0.4, -0.2) is 34.8 Å². The maximum Gasteiger partial charge on any atom is 0.247 e. The van der Waals surface area contributed by atoms with Crippen molar-refractivity contribution in [3.05, 3.63) is 51.0 Å². The number of benzene rings is 1. The van der Waals surface area contributed by atoms with E-state index in [9.17, 15) is 9.59 Å². The van der Waals surface area contributed by atoms with Crippen molar-refractivity contribution in [2.75, 3.05) is 13.1 Å². The fourth-order valence-corrected chi connectivity index (χ4v) is 3.92. The van der Waals surface area contributed by atoms with E-state index in [0.29, 0.717) is 13.1 Å². The largest absolute Gasteiger partial charge is 0.352 e. The molecule has 24 heavy (non-hydrogen) atoms. The number of nitrogens with one attached hydrogen (secondary N) is 1. The van der Waals surface area contributed by atoms with Gasteiger partial charge in [-0.05, 0) is 26.3 Å². The summed E-state index contributed by atoms with van der Waals surface area (Å²) in [5.41, 5.74) is 2.74. The van der Waals surface area contributed by atoms with E-state index in [4.69, 9.17) is 0 Å². The number of rotatable bonds is 3. The average Bonchev–Trinajstić information content (AvgIpc) is 2.84. The lowest BCUT2D eigenvalue weighted by atomic mass is 10.00. The second kappa shape index (κ2) is 6.73. The number of carbonyl (C=O) groups excluding carboxylic acids is 2. The molecule has 1 aliphatic heterocycles. The smallest absolute Gasteiger partial charge is 0.247 e. The molecule has 126 valence electrons.